The molecule has 16 heavy (non-hydrogen) atoms. The van der Waals surface area contributed by atoms with Crippen LogP contribution >= 0.6 is 0 Å². The largest absolute Gasteiger partial charge is 0.497 e. The van der Waals surface area contributed by atoms with Gasteiger partial charge in [0.05, 0.1) is 18.4 Å². The fraction of sp³-hybridized carbons (Fsp3) is 0.0909. The van der Waals surface area contributed by atoms with Gasteiger partial charge in [0.2, 0.25) is 0 Å². The lowest BCUT2D eigenvalue weighted by atomic mass is 10.1. The molecule has 0 atom stereocenters. The number of aromatic amines is 1. The number of ether oxygens (including phenoxy) is 1. The number of rotatable bonds is 3. The van der Waals surface area contributed by atoms with Crippen molar-refractivity contribution in [3.8, 4) is 17.0 Å². The zero-order valence-electron chi connectivity index (χ0n) is 8.73. The van der Waals surface area contributed by atoms with Gasteiger partial charge in [-0.1, -0.05) is 12.1 Å². The summed E-state index contributed by atoms with van der Waals surface area (Å²) < 4.78 is 5.10. The van der Waals surface area contributed by atoms with Gasteiger partial charge in [-0.15, -0.1) is 0 Å². The molecule has 0 spiro atoms. The number of benzene rings is 1. The Kier molecular flexibility index (Phi) is 2.59. The van der Waals surface area contributed by atoms with Crippen LogP contribution in [0.25, 0.3) is 11.3 Å². The predicted molar refractivity (Wildman–Crippen MR) is 60.4 cm³/mol. The van der Waals surface area contributed by atoms with Crippen LogP contribution in [-0.2, 0) is 0 Å². The molecule has 1 heterocycles. The van der Waals surface area contributed by atoms with Gasteiger partial charge >= 0.3 is 0 Å². The summed E-state index contributed by atoms with van der Waals surface area (Å²) in [5.74, 6) is 0.912. The molecule has 0 unspecified atom stereocenters. The van der Waals surface area contributed by atoms with Gasteiger partial charge in [0.1, 0.15) is 5.75 Å². The van der Waals surface area contributed by atoms with Crippen LogP contribution in [0, 0.1) is 0 Å². The number of hydrogen-bond donors (Lipinski definition) is 2. The number of nitrogens with two attached hydrogens (primary N) is 1. The molecule has 5 nitrogen and oxygen atoms in total. The van der Waals surface area contributed by atoms with Crippen molar-refractivity contribution in [2.75, 3.05) is 12.8 Å². The van der Waals surface area contributed by atoms with Gasteiger partial charge in [-0.25, -0.2) is 0 Å². The van der Waals surface area contributed by atoms with Crippen molar-refractivity contribution in [3.63, 3.8) is 0 Å². The van der Waals surface area contributed by atoms with Gasteiger partial charge in [0.25, 0.3) is 0 Å². The molecule has 0 saturated carbocycles. The summed E-state index contributed by atoms with van der Waals surface area (Å²) in [7, 11) is 1.58. The average molecular weight is 217 g/mol. The molecule has 0 amide bonds. The lowest BCUT2D eigenvalue weighted by molar-refractivity contribution is 0.112. The third kappa shape index (κ3) is 1.63. The first kappa shape index (κ1) is 10.2. The Morgan fingerprint density at radius 1 is 1.50 bits per heavy atom. The Morgan fingerprint density at radius 2 is 2.31 bits per heavy atom. The van der Waals surface area contributed by atoms with Crippen LogP contribution in [-0.4, -0.2) is 23.6 Å². The smallest absolute Gasteiger partial charge is 0.156 e. The van der Waals surface area contributed by atoms with E-state index >= 15 is 0 Å². The van der Waals surface area contributed by atoms with Crippen LogP contribution in [0.15, 0.2) is 24.3 Å². The van der Waals surface area contributed by atoms with Gasteiger partial charge in [-0.2, -0.15) is 5.10 Å². The molecule has 82 valence electrons. The number of H-pyrrole nitrogens is 1. The average Bonchev–Trinajstić information content (AvgIpc) is 2.70. The fourth-order valence-corrected chi connectivity index (χ4v) is 1.48. The summed E-state index contributed by atoms with van der Waals surface area (Å²) in [6, 6.07) is 7.31. The third-order valence-corrected chi connectivity index (χ3v) is 2.31. The summed E-state index contributed by atoms with van der Waals surface area (Å²) >= 11 is 0. The van der Waals surface area contributed by atoms with E-state index in [-0.39, 0.29) is 5.82 Å². The minimum absolute atomic E-state index is 0.202. The van der Waals surface area contributed by atoms with Crippen LogP contribution in [0.1, 0.15) is 10.4 Å². The summed E-state index contributed by atoms with van der Waals surface area (Å²) in [5.41, 5.74) is 7.34. The molecule has 0 aliphatic carbocycles. The topological polar surface area (TPSA) is 81.0 Å². The third-order valence-electron chi connectivity index (χ3n) is 2.31. The van der Waals surface area contributed by atoms with Crippen LogP contribution in [0.2, 0.25) is 0 Å². The Labute approximate surface area is 92.2 Å². The molecule has 1 aromatic carbocycles. The fourth-order valence-electron chi connectivity index (χ4n) is 1.48. The maximum Gasteiger partial charge on any atom is 0.156 e. The van der Waals surface area contributed by atoms with E-state index in [0.717, 1.165) is 5.56 Å². The quantitative estimate of drug-likeness (QED) is 0.763. The van der Waals surface area contributed by atoms with E-state index in [1.54, 1.807) is 13.2 Å². The highest BCUT2D eigenvalue weighted by molar-refractivity contribution is 5.91. The number of nitrogen functional groups attached to an aromatic ring is 1. The Balaban J connectivity index is 2.53. The first-order valence-corrected chi connectivity index (χ1v) is 4.69. The van der Waals surface area contributed by atoms with Gasteiger partial charge in [0.15, 0.2) is 12.1 Å². The van der Waals surface area contributed by atoms with Gasteiger partial charge in [-0.05, 0) is 12.1 Å². The SMILES string of the molecule is COc1cccc(-c2[nH]nc(N)c2C=O)c1. The van der Waals surface area contributed by atoms with E-state index in [2.05, 4.69) is 10.2 Å². The molecule has 0 radical (unpaired) electrons. The van der Waals surface area contributed by atoms with E-state index in [4.69, 9.17) is 10.5 Å². The lowest BCUT2D eigenvalue weighted by Crippen LogP contribution is -1.91. The van der Waals surface area contributed by atoms with E-state index < -0.39 is 0 Å². The zero-order valence-corrected chi connectivity index (χ0v) is 8.73. The van der Waals surface area contributed by atoms with Gasteiger partial charge in [-0.3, -0.25) is 9.89 Å². The molecule has 0 fully saturated rings. The second-order valence-electron chi connectivity index (χ2n) is 3.25. The first-order valence-electron chi connectivity index (χ1n) is 4.69. The van der Waals surface area contributed by atoms with Crippen LogP contribution in [0.4, 0.5) is 5.82 Å². The molecule has 0 aliphatic rings. The summed E-state index contributed by atoms with van der Waals surface area (Å²) in [6.07, 6.45) is 0.688. The minimum Gasteiger partial charge on any atom is -0.497 e. The van der Waals surface area contributed by atoms with Crippen LogP contribution in [0.5, 0.6) is 5.75 Å². The Morgan fingerprint density at radius 3 is 3.00 bits per heavy atom. The minimum atomic E-state index is 0.202. The van der Waals surface area contributed by atoms with Crippen molar-refractivity contribution in [1.82, 2.24) is 10.2 Å². The van der Waals surface area contributed by atoms with Crippen LogP contribution in [0.3, 0.4) is 0 Å². The van der Waals surface area contributed by atoms with Crippen molar-refractivity contribution < 1.29 is 9.53 Å². The second kappa shape index (κ2) is 4.06. The van der Waals surface area contributed by atoms with Crippen molar-refractivity contribution in [2.24, 2.45) is 0 Å². The van der Waals surface area contributed by atoms with Crippen LogP contribution < -0.4 is 10.5 Å². The number of anilines is 1. The molecule has 2 rings (SSSR count). The number of methoxy groups -OCH3 is 1. The van der Waals surface area contributed by atoms with E-state index in [1.165, 1.54) is 0 Å². The Hall–Kier alpha value is -2.30. The molecule has 3 N–H and O–H groups in total. The number of hydrogen-bond acceptors (Lipinski definition) is 4. The number of nitrogens with one attached hydrogen (secondary N) is 1. The lowest BCUT2D eigenvalue weighted by Gasteiger charge is -2.02. The van der Waals surface area contributed by atoms with Crippen molar-refractivity contribution in [2.45, 2.75) is 0 Å². The monoisotopic (exact) mass is 217 g/mol. The second-order valence-corrected chi connectivity index (χ2v) is 3.25. The molecule has 2 aromatic rings. The maximum absolute atomic E-state index is 10.9. The standard InChI is InChI=1S/C11H11N3O2/c1-16-8-4-2-3-7(5-8)10-9(6-15)11(12)14-13-10/h2-6H,1H3,(H3,12,13,14). The highest BCUT2D eigenvalue weighted by Gasteiger charge is 2.11. The first-order chi connectivity index (χ1) is 7.76. The van der Waals surface area contributed by atoms with Crippen molar-refractivity contribution in [3.05, 3.63) is 29.8 Å². The molecule has 5 heteroatoms. The zero-order chi connectivity index (χ0) is 11.5. The number of nitrogens with zero attached hydrogens (tertiary/aromatic N) is 1. The highest BCUT2D eigenvalue weighted by Crippen LogP contribution is 2.26. The summed E-state index contributed by atoms with van der Waals surface area (Å²) in [5, 5.41) is 6.53. The number of aromatic nitrogens is 2. The maximum atomic E-state index is 10.9. The number of carbonyl (C=O) groups excluding carboxylic acids is 1. The van der Waals surface area contributed by atoms with Gasteiger partial charge in [0, 0.05) is 5.56 Å². The normalized spacial score (nSPS) is 10.1. The van der Waals surface area contributed by atoms with Crippen molar-refractivity contribution >= 4 is 12.1 Å². The summed E-state index contributed by atoms with van der Waals surface area (Å²) in [6.45, 7) is 0. The molecule has 0 bridgehead atoms. The molecule has 0 saturated heterocycles. The molecule has 1 aromatic heterocycles. The van der Waals surface area contributed by atoms with E-state index in [0.29, 0.717) is 23.3 Å². The molecular weight excluding hydrogens is 206 g/mol. The van der Waals surface area contributed by atoms with Crippen molar-refractivity contribution in [1.29, 1.82) is 0 Å². The predicted octanol–water partition coefficient (Wildman–Crippen LogP) is 1.48. The summed E-state index contributed by atoms with van der Waals surface area (Å²) in [4.78, 5) is 10.9. The number of aldehydes is 1. The number of carbonyl (C=O) groups is 1. The molecule has 0 aliphatic heterocycles. The van der Waals surface area contributed by atoms with Gasteiger partial charge < -0.3 is 10.5 Å². The van der Waals surface area contributed by atoms with E-state index in [9.17, 15) is 4.79 Å². The Bertz CT molecular complexity index is 520. The van der Waals surface area contributed by atoms with E-state index in [1.807, 2.05) is 18.2 Å². The molecular formula is C11H11N3O2. The highest BCUT2D eigenvalue weighted by atomic mass is 16.5.